The molecule has 0 spiro atoms. The molecule has 7 rings (SSSR count). The second-order valence-corrected chi connectivity index (χ2v) is 16.9. The van der Waals surface area contributed by atoms with Crippen molar-refractivity contribution in [3.05, 3.63) is 81.9 Å². The molecule has 28 heteroatoms. The predicted octanol–water partition coefficient (Wildman–Crippen LogP) is -1.69. The molecule has 8 N–H and O–H groups in total. The lowest BCUT2D eigenvalue weighted by Gasteiger charge is -2.22. The number of aliphatic hydroxyl groups is 2. The van der Waals surface area contributed by atoms with Gasteiger partial charge in [-0.1, -0.05) is 0 Å². The molecule has 0 aromatic carbocycles. The minimum Gasteiger partial charge on any atom is -0.394 e. The topological polar surface area (TPSA) is 342 Å². The number of aliphatic hydroxyl groups excluding tert-OH is 2. The van der Waals surface area contributed by atoms with Crippen molar-refractivity contribution in [1.82, 2.24) is 38.6 Å². The van der Waals surface area contributed by atoms with Crippen molar-refractivity contribution in [1.29, 1.82) is 0 Å². The SMILES string of the molecule is Cc1cn([C@H]2C[C@@H](O)[C@@H](COP(=O)(O)O[C@@H]3C[C@H](n4cc(C)c(=O)[nH]c4=O)O[C@@H]3CO[P+](=S)O[C@@H]3C[C@H](n4cnc5c(=O)[nH]c(N)nc54)O[C@@H]3CO)O2)c(=O)[nH]c1=O. The number of rotatable bonds is 14. The fourth-order valence-corrected chi connectivity index (χ4v) is 8.96. The third kappa shape index (κ3) is 8.89. The van der Waals surface area contributed by atoms with Crippen molar-refractivity contribution in [3.8, 4) is 0 Å². The van der Waals surface area contributed by atoms with E-state index in [4.69, 9.17) is 49.8 Å². The van der Waals surface area contributed by atoms with Crippen molar-refractivity contribution >= 4 is 43.9 Å². The van der Waals surface area contributed by atoms with E-state index < -0.39 is 118 Å². The van der Waals surface area contributed by atoms with Crippen LogP contribution in [-0.4, -0.2) is 110 Å². The molecule has 3 fully saturated rings. The van der Waals surface area contributed by atoms with E-state index in [-0.39, 0.29) is 47.5 Å². The van der Waals surface area contributed by atoms with E-state index in [0.717, 1.165) is 9.13 Å². The minimum atomic E-state index is -4.99. The standard InChI is InChI=1S/C30H37N9O16P2S/c1-12-6-37(29(45)35-25(12)42)20-3-14(41)18(52-20)10-50-57(47,48)55-16-5-21(38-7-13(2)26(43)36-30(38)46)53-19(16)9-49-56(58)54-15-4-22(51-17(15)8-40)39-11-32-23-24(39)33-28(31)34-27(23)44/h6-7,11,14-22,40-41H,3-5,8-10H2,1-2H3,(H5-,31,33,34,35,36,42,43,44,45,46,47,48)/p+1/t14-,15-,16-,17-,18-,19-,20-,21-,22-/m1/s1. The van der Waals surface area contributed by atoms with Crippen LogP contribution in [0.1, 0.15) is 49.1 Å². The molecule has 7 heterocycles. The van der Waals surface area contributed by atoms with E-state index in [1.54, 1.807) is 0 Å². The van der Waals surface area contributed by atoms with Gasteiger partial charge >= 0.3 is 26.4 Å². The molecule has 4 aromatic rings. The molecule has 0 bridgehead atoms. The van der Waals surface area contributed by atoms with Crippen molar-refractivity contribution in [2.24, 2.45) is 0 Å². The van der Waals surface area contributed by atoms with Crippen LogP contribution in [0.3, 0.4) is 0 Å². The second-order valence-electron chi connectivity index (χ2n) is 13.6. The van der Waals surface area contributed by atoms with E-state index in [1.807, 2.05) is 0 Å². The van der Waals surface area contributed by atoms with Gasteiger partial charge in [0.2, 0.25) is 17.8 Å². The van der Waals surface area contributed by atoms with Crippen LogP contribution in [0.15, 0.2) is 42.7 Å². The monoisotopic (exact) mass is 874 g/mol. The maximum atomic E-state index is 13.3. The van der Waals surface area contributed by atoms with Gasteiger partial charge in [0.25, 0.3) is 16.7 Å². The zero-order valence-corrected chi connectivity index (χ0v) is 33.0. The molecule has 0 aliphatic carbocycles. The number of imidazole rings is 1. The number of ether oxygens (including phenoxy) is 3. The normalized spacial score (nSPS) is 28.6. The largest absolute Gasteiger partial charge is 0.522 e. The molecule has 3 aliphatic heterocycles. The number of aromatic amines is 3. The van der Waals surface area contributed by atoms with Gasteiger partial charge in [-0.15, -0.1) is 9.05 Å². The van der Waals surface area contributed by atoms with Gasteiger partial charge in [-0.2, -0.15) is 4.98 Å². The summed E-state index contributed by atoms with van der Waals surface area (Å²) in [6.45, 7) is 1.42. The van der Waals surface area contributed by atoms with E-state index in [9.17, 15) is 43.6 Å². The van der Waals surface area contributed by atoms with E-state index in [0.29, 0.717) is 0 Å². The number of fused-ring (bicyclic) bond motifs is 1. The molecule has 3 saturated heterocycles. The molecule has 58 heavy (non-hydrogen) atoms. The Morgan fingerprint density at radius 1 is 0.879 bits per heavy atom. The Labute approximate surface area is 329 Å². The first-order valence-corrected chi connectivity index (χ1v) is 21.2. The summed E-state index contributed by atoms with van der Waals surface area (Å²) in [5.74, 6) is -0.136. The van der Waals surface area contributed by atoms with Crippen LogP contribution in [0.25, 0.3) is 11.2 Å². The molecule has 0 amide bonds. The number of nitrogens with zero attached hydrogens (tertiary/aromatic N) is 5. The van der Waals surface area contributed by atoms with Crippen LogP contribution in [0.2, 0.25) is 0 Å². The number of aryl methyl sites for hydroxylation is 2. The Bertz CT molecular complexity index is 2560. The van der Waals surface area contributed by atoms with Crippen LogP contribution in [-0.2, 0) is 48.7 Å². The van der Waals surface area contributed by atoms with Crippen molar-refractivity contribution in [3.63, 3.8) is 0 Å². The summed E-state index contributed by atoms with van der Waals surface area (Å²) in [6.07, 6.45) is -5.85. The summed E-state index contributed by atoms with van der Waals surface area (Å²) in [4.78, 5) is 86.8. The zero-order chi connectivity index (χ0) is 41.6. The highest BCUT2D eigenvalue weighted by Gasteiger charge is 2.46. The number of anilines is 1. The van der Waals surface area contributed by atoms with E-state index >= 15 is 0 Å². The van der Waals surface area contributed by atoms with Gasteiger partial charge in [0.05, 0.1) is 25.6 Å². The van der Waals surface area contributed by atoms with Crippen molar-refractivity contribution < 1.29 is 52.0 Å². The third-order valence-corrected chi connectivity index (χ3v) is 12.0. The quantitative estimate of drug-likeness (QED) is 0.0695. The number of nitrogens with one attached hydrogen (secondary N) is 3. The molecule has 0 radical (unpaired) electrons. The van der Waals surface area contributed by atoms with Gasteiger partial charge in [0.1, 0.15) is 55.8 Å². The van der Waals surface area contributed by atoms with Gasteiger partial charge in [0.15, 0.2) is 11.2 Å². The number of H-pyrrole nitrogens is 3. The molecular formula is C30H38N9O16P2S+. The Balaban J connectivity index is 1.01. The highest BCUT2D eigenvalue weighted by Crippen LogP contribution is 2.49. The number of phosphoric acid groups is 1. The average Bonchev–Trinajstić information content (AvgIpc) is 3.95. The Kier molecular flexibility index (Phi) is 12.2. The molecule has 314 valence electrons. The van der Waals surface area contributed by atoms with Gasteiger partial charge in [-0.05, 0) is 13.8 Å². The number of hydrogen-bond acceptors (Lipinski definition) is 19. The summed E-state index contributed by atoms with van der Waals surface area (Å²) in [6, 6.07) is 0. The Hall–Kier alpha value is -4.14. The van der Waals surface area contributed by atoms with Crippen LogP contribution < -0.4 is 33.8 Å². The van der Waals surface area contributed by atoms with E-state index in [1.165, 1.54) is 37.1 Å². The molecule has 2 unspecified atom stereocenters. The third-order valence-electron chi connectivity index (χ3n) is 9.65. The first-order valence-electron chi connectivity index (χ1n) is 17.5. The number of phosphoric ester groups is 1. The van der Waals surface area contributed by atoms with Crippen molar-refractivity contribution in [2.45, 2.75) is 88.4 Å². The summed E-state index contributed by atoms with van der Waals surface area (Å²) in [7, 11) is -7.16. The van der Waals surface area contributed by atoms with Gasteiger partial charge in [-0.3, -0.25) is 52.1 Å². The molecular weight excluding hydrogens is 836 g/mol. The van der Waals surface area contributed by atoms with E-state index in [2.05, 4.69) is 24.9 Å². The fourth-order valence-electron chi connectivity index (χ4n) is 6.71. The summed E-state index contributed by atoms with van der Waals surface area (Å²) in [5, 5.41) is 20.7. The lowest BCUT2D eigenvalue weighted by atomic mass is 10.2. The predicted molar refractivity (Wildman–Crippen MR) is 199 cm³/mol. The zero-order valence-electron chi connectivity index (χ0n) is 30.4. The van der Waals surface area contributed by atoms with Gasteiger partial charge < -0.3 is 35.1 Å². The molecule has 25 nitrogen and oxygen atoms in total. The van der Waals surface area contributed by atoms with Crippen LogP contribution in [0, 0.1) is 13.8 Å². The minimum absolute atomic E-state index is 0.0223. The average molecular weight is 875 g/mol. The van der Waals surface area contributed by atoms with Crippen LogP contribution in [0.4, 0.5) is 5.95 Å². The molecule has 4 aromatic heterocycles. The summed E-state index contributed by atoms with van der Waals surface area (Å²) >= 11 is 5.46. The Morgan fingerprint density at radius 2 is 1.47 bits per heavy atom. The van der Waals surface area contributed by atoms with Crippen LogP contribution >= 0.6 is 15.0 Å². The van der Waals surface area contributed by atoms with Gasteiger partial charge in [-0.25, -0.2) is 19.1 Å². The number of hydrogen-bond donors (Lipinski definition) is 7. The number of nitrogen functional groups attached to an aromatic ring is 1. The van der Waals surface area contributed by atoms with Crippen molar-refractivity contribution in [2.75, 3.05) is 25.6 Å². The maximum Gasteiger partial charge on any atom is 0.522 e. The lowest BCUT2D eigenvalue weighted by Crippen LogP contribution is -2.33. The summed E-state index contributed by atoms with van der Waals surface area (Å²) < 4.78 is 57.1. The highest BCUT2D eigenvalue weighted by molar-refractivity contribution is 8.00. The fraction of sp³-hybridized carbons (Fsp3) is 0.567. The summed E-state index contributed by atoms with van der Waals surface area (Å²) in [5.41, 5.74) is 2.91. The Morgan fingerprint density at radius 3 is 2.12 bits per heavy atom. The lowest BCUT2D eigenvalue weighted by molar-refractivity contribution is -0.0565. The highest BCUT2D eigenvalue weighted by atomic mass is 32.4. The first-order chi connectivity index (χ1) is 27.5. The molecule has 11 atom stereocenters. The molecule has 0 saturated carbocycles. The smallest absolute Gasteiger partial charge is 0.394 e. The maximum absolute atomic E-state index is 13.3. The second kappa shape index (κ2) is 16.8. The van der Waals surface area contributed by atoms with Crippen LogP contribution in [0.5, 0.6) is 0 Å². The molecule has 3 aliphatic rings. The van der Waals surface area contributed by atoms with Gasteiger partial charge in [0, 0.05) is 42.8 Å². The number of nitrogens with two attached hydrogens (primary N) is 1. The number of aromatic nitrogens is 8. The first kappa shape index (κ1) is 42.0.